The third-order valence-electron chi connectivity index (χ3n) is 0.931. The van der Waals surface area contributed by atoms with E-state index in [4.69, 9.17) is 9.59 Å². The molecule has 0 unspecified atom stereocenters. The summed E-state index contributed by atoms with van der Waals surface area (Å²) in [6, 6.07) is 3.89. The molecule has 0 atom stereocenters. The molecule has 1 heterocycles. The molecular weight excluding hydrogens is 305 g/mol. The van der Waals surface area contributed by atoms with Crippen LogP contribution in [0.5, 0.6) is 0 Å². The molecular formula is C12H19N2O2Ru. The Morgan fingerprint density at radius 3 is 1.18 bits per heavy atom. The van der Waals surface area contributed by atoms with Gasteiger partial charge in [0, 0.05) is 0 Å². The van der Waals surface area contributed by atoms with Crippen molar-refractivity contribution < 1.29 is 29.1 Å². The van der Waals surface area contributed by atoms with Crippen molar-refractivity contribution in [1.82, 2.24) is 10.2 Å². The largest absolute Gasteiger partial charge is 3.00 e. The second kappa shape index (κ2) is 20.5. The molecule has 0 aromatic carbocycles. The first kappa shape index (κ1) is 25.0. The normalized spacial score (nSPS) is 6.94. The summed E-state index contributed by atoms with van der Waals surface area (Å²) in [5, 5.41) is 7.66. The summed E-state index contributed by atoms with van der Waals surface area (Å²) < 4.78 is 0. The summed E-state index contributed by atoms with van der Waals surface area (Å²) in [5.74, 6) is 1.42. The van der Waals surface area contributed by atoms with Crippen LogP contribution < -0.4 is 0 Å². The molecule has 1 radical (unpaired) electrons. The Labute approximate surface area is 117 Å². The first-order valence-corrected chi connectivity index (χ1v) is 4.53. The number of rotatable bonds is 0. The van der Waals surface area contributed by atoms with E-state index in [1.54, 1.807) is 0 Å². The van der Waals surface area contributed by atoms with Gasteiger partial charge >= 0.3 is 19.5 Å². The Morgan fingerprint density at radius 1 is 0.882 bits per heavy atom. The standard InChI is InChI=1S/C6H8N2.C4H9.2CHO.Ru/c1-5-3-4-6(2)8-7-5;1-4(2)3;2*1-2;/h3-4H,1-2H3;1-3H3;2*1H;/q;3*-1;+3. The average molecular weight is 324 g/mol. The zero-order valence-corrected chi connectivity index (χ0v) is 12.6. The van der Waals surface area contributed by atoms with Gasteiger partial charge in [0.1, 0.15) is 0 Å². The molecule has 97 valence electrons. The predicted molar refractivity (Wildman–Crippen MR) is 65.3 cm³/mol. The zero-order valence-electron chi connectivity index (χ0n) is 10.9. The van der Waals surface area contributed by atoms with Crippen LogP contribution in [-0.4, -0.2) is 23.8 Å². The number of hydrogen-bond acceptors (Lipinski definition) is 4. The maximum Gasteiger partial charge on any atom is 3.00 e. The van der Waals surface area contributed by atoms with Crippen molar-refractivity contribution >= 4 is 13.6 Å². The molecule has 0 aliphatic carbocycles. The predicted octanol–water partition coefficient (Wildman–Crippen LogP) is 2.16. The molecule has 1 aromatic rings. The van der Waals surface area contributed by atoms with Crippen LogP contribution >= 0.6 is 0 Å². The van der Waals surface area contributed by atoms with Crippen molar-refractivity contribution in [3.05, 3.63) is 29.4 Å². The summed E-state index contributed by atoms with van der Waals surface area (Å²) in [6.45, 7) is 16.6. The van der Waals surface area contributed by atoms with Crippen molar-refractivity contribution in [1.29, 1.82) is 0 Å². The van der Waals surface area contributed by atoms with E-state index in [1.807, 2.05) is 26.0 Å². The van der Waals surface area contributed by atoms with Gasteiger partial charge in [0.15, 0.2) is 0 Å². The second-order valence-electron chi connectivity index (χ2n) is 3.32. The minimum atomic E-state index is 0. The van der Waals surface area contributed by atoms with Crippen LogP contribution in [0.3, 0.4) is 0 Å². The molecule has 0 saturated heterocycles. The van der Waals surface area contributed by atoms with Gasteiger partial charge in [-0.25, -0.2) is 0 Å². The van der Waals surface area contributed by atoms with Gasteiger partial charge in [0.25, 0.3) is 0 Å². The minimum Gasteiger partial charge on any atom is -0.545 e. The van der Waals surface area contributed by atoms with Crippen molar-refractivity contribution in [2.24, 2.45) is 0 Å². The molecule has 0 bridgehead atoms. The Balaban J connectivity index is -0.0000000814. The number of aryl methyl sites for hydroxylation is 2. The fourth-order valence-corrected chi connectivity index (χ4v) is 0.466. The van der Waals surface area contributed by atoms with E-state index in [0.717, 1.165) is 11.4 Å². The number of carbonyl (C=O) groups excluding carboxylic acids is 2. The summed E-state index contributed by atoms with van der Waals surface area (Å²) in [5.41, 5.74) is 1.94. The van der Waals surface area contributed by atoms with Gasteiger partial charge in [0.05, 0.1) is 11.4 Å². The van der Waals surface area contributed by atoms with Gasteiger partial charge in [0.2, 0.25) is 0 Å². The molecule has 0 fully saturated rings. The first-order chi connectivity index (χ1) is 7.52. The topological polar surface area (TPSA) is 59.9 Å². The van der Waals surface area contributed by atoms with Crippen LogP contribution in [0.4, 0.5) is 0 Å². The molecule has 4 nitrogen and oxygen atoms in total. The van der Waals surface area contributed by atoms with E-state index in [0.29, 0.717) is 0 Å². The van der Waals surface area contributed by atoms with Gasteiger partial charge in [-0.2, -0.15) is 31.0 Å². The van der Waals surface area contributed by atoms with Gasteiger partial charge in [-0.05, 0) is 26.0 Å². The Kier molecular flexibility index (Phi) is 30.1. The summed E-state index contributed by atoms with van der Waals surface area (Å²) in [6.07, 6.45) is 0. The fraction of sp³-hybridized carbons (Fsp3) is 0.417. The molecule has 0 aliphatic heterocycles. The second-order valence-corrected chi connectivity index (χ2v) is 3.32. The monoisotopic (exact) mass is 325 g/mol. The zero-order chi connectivity index (χ0) is 13.6. The quantitative estimate of drug-likeness (QED) is 0.417. The molecule has 1 aromatic heterocycles. The molecule has 1 rings (SSSR count). The third-order valence-corrected chi connectivity index (χ3v) is 0.931. The Morgan fingerprint density at radius 2 is 1.06 bits per heavy atom. The van der Waals surface area contributed by atoms with Crippen molar-refractivity contribution in [3.63, 3.8) is 0 Å². The summed E-state index contributed by atoms with van der Waals surface area (Å²) in [7, 11) is 0. The summed E-state index contributed by atoms with van der Waals surface area (Å²) >= 11 is 0. The van der Waals surface area contributed by atoms with Crippen LogP contribution in [0.1, 0.15) is 32.2 Å². The van der Waals surface area contributed by atoms with Gasteiger partial charge in [-0.15, -0.1) is 0 Å². The van der Waals surface area contributed by atoms with Crippen molar-refractivity contribution in [2.75, 3.05) is 0 Å². The molecule has 0 amide bonds. The first-order valence-electron chi connectivity index (χ1n) is 4.53. The maximum atomic E-state index is 7.75. The van der Waals surface area contributed by atoms with Gasteiger partial charge in [-0.3, -0.25) is 13.6 Å². The van der Waals surface area contributed by atoms with Crippen LogP contribution in [0, 0.1) is 19.8 Å². The van der Waals surface area contributed by atoms with Crippen LogP contribution in [0.15, 0.2) is 12.1 Å². The van der Waals surface area contributed by atoms with E-state index in [2.05, 4.69) is 44.5 Å². The number of aromatic nitrogens is 2. The summed E-state index contributed by atoms with van der Waals surface area (Å²) in [4.78, 5) is 15.5. The van der Waals surface area contributed by atoms with Gasteiger partial charge < -0.3 is 15.5 Å². The van der Waals surface area contributed by atoms with Crippen LogP contribution in [0.2, 0.25) is 0 Å². The van der Waals surface area contributed by atoms with E-state index >= 15 is 0 Å². The third kappa shape index (κ3) is 31.3. The molecule has 0 aliphatic rings. The molecule has 0 spiro atoms. The SMILES string of the molecule is C[C-](C)C.Cc1ccc(C)nn1.[CH-]=O.[CH-]=O.[Ru+3]. The van der Waals surface area contributed by atoms with E-state index in [9.17, 15) is 0 Å². The van der Waals surface area contributed by atoms with Crippen LogP contribution in [-0.2, 0) is 29.1 Å². The Bertz CT molecular complexity index is 215. The van der Waals surface area contributed by atoms with E-state index < -0.39 is 0 Å². The fourth-order valence-electron chi connectivity index (χ4n) is 0.466. The van der Waals surface area contributed by atoms with E-state index in [1.165, 1.54) is 5.92 Å². The van der Waals surface area contributed by atoms with Crippen molar-refractivity contribution in [3.8, 4) is 0 Å². The smallest absolute Gasteiger partial charge is 0.545 e. The van der Waals surface area contributed by atoms with E-state index in [-0.39, 0.29) is 19.5 Å². The molecule has 17 heavy (non-hydrogen) atoms. The van der Waals surface area contributed by atoms with Crippen LogP contribution in [0.25, 0.3) is 0 Å². The minimum absolute atomic E-state index is 0. The average Bonchev–Trinajstić information content (AvgIpc) is 2.27. The number of hydrogen-bond donors (Lipinski definition) is 0. The molecule has 0 N–H and O–H groups in total. The molecule has 0 saturated carbocycles. The Hall–Kier alpha value is -0.957. The van der Waals surface area contributed by atoms with Gasteiger partial charge in [-0.1, -0.05) is 0 Å². The number of nitrogens with zero attached hydrogens (tertiary/aromatic N) is 2. The van der Waals surface area contributed by atoms with Crippen molar-refractivity contribution in [2.45, 2.75) is 34.6 Å². The molecule has 5 heteroatoms. The maximum absolute atomic E-state index is 7.75.